The second-order valence-electron chi connectivity index (χ2n) is 7.74. The van der Waals surface area contributed by atoms with Crippen molar-refractivity contribution in [3.05, 3.63) is 46.8 Å². The van der Waals surface area contributed by atoms with E-state index < -0.39 is 0 Å². The summed E-state index contributed by atoms with van der Waals surface area (Å²) in [6.07, 6.45) is 0. The fraction of sp³-hybridized carbons (Fsp3) is 0.565. The van der Waals surface area contributed by atoms with E-state index in [4.69, 9.17) is 14.5 Å². The van der Waals surface area contributed by atoms with E-state index in [1.54, 1.807) is 7.11 Å². The summed E-state index contributed by atoms with van der Waals surface area (Å²) in [4.78, 5) is 4.76. The highest BCUT2D eigenvalue weighted by Gasteiger charge is 2.09. The maximum absolute atomic E-state index is 5.88. The summed E-state index contributed by atoms with van der Waals surface area (Å²) in [5, 5.41) is 11.3. The van der Waals surface area contributed by atoms with Gasteiger partial charge in [-0.05, 0) is 51.3 Å². The lowest BCUT2D eigenvalue weighted by atomic mass is 10.1. The third-order valence-electron chi connectivity index (χ3n) is 4.73. The number of nitrogens with one attached hydrogen (secondary N) is 2. The number of nitrogens with zero attached hydrogens (tertiary/aromatic N) is 3. The molecule has 0 radical (unpaired) electrons. The van der Waals surface area contributed by atoms with E-state index in [2.05, 4.69) is 72.4 Å². The number of guanidine groups is 1. The number of hydrogen-bond acceptors (Lipinski definition) is 4. The molecule has 2 aromatic rings. The van der Waals surface area contributed by atoms with Crippen LogP contribution >= 0.6 is 24.0 Å². The molecule has 1 heterocycles. The van der Waals surface area contributed by atoms with E-state index in [1.165, 1.54) is 5.69 Å². The minimum Gasteiger partial charge on any atom is -0.491 e. The van der Waals surface area contributed by atoms with Gasteiger partial charge in [0.05, 0.1) is 18.8 Å². The number of aromatic nitrogens is 2. The van der Waals surface area contributed by atoms with Crippen molar-refractivity contribution in [1.29, 1.82) is 0 Å². The van der Waals surface area contributed by atoms with Crippen LogP contribution in [0.2, 0.25) is 0 Å². The SMILES string of the molecule is CCNC(=NCc1ccc(C)cc1OCCOC)NCC(C)Cn1nc(C)cc1C.I. The van der Waals surface area contributed by atoms with Crippen molar-refractivity contribution in [2.45, 2.75) is 47.7 Å². The number of ether oxygens (including phenoxy) is 2. The molecule has 31 heavy (non-hydrogen) atoms. The Labute approximate surface area is 204 Å². The molecule has 2 N–H and O–H groups in total. The van der Waals surface area contributed by atoms with Crippen molar-refractivity contribution >= 4 is 29.9 Å². The molecule has 0 spiro atoms. The summed E-state index contributed by atoms with van der Waals surface area (Å²) >= 11 is 0. The van der Waals surface area contributed by atoms with Crippen molar-refractivity contribution in [1.82, 2.24) is 20.4 Å². The first-order chi connectivity index (χ1) is 14.4. The smallest absolute Gasteiger partial charge is 0.191 e. The van der Waals surface area contributed by atoms with E-state index in [0.29, 0.717) is 25.7 Å². The van der Waals surface area contributed by atoms with Gasteiger partial charge in [0.25, 0.3) is 0 Å². The average Bonchev–Trinajstić information content (AvgIpc) is 3.02. The Morgan fingerprint density at radius 2 is 1.94 bits per heavy atom. The lowest BCUT2D eigenvalue weighted by Gasteiger charge is -2.17. The minimum absolute atomic E-state index is 0. The van der Waals surface area contributed by atoms with Gasteiger partial charge < -0.3 is 20.1 Å². The van der Waals surface area contributed by atoms with Crippen LogP contribution in [0, 0.1) is 26.7 Å². The first-order valence-corrected chi connectivity index (χ1v) is 10.7. The molecule has 174 valence electrons. The third kappa shape index (κ3) is 9.47. The fourth-order valence-electron chi connectivity index (χ4n) is 3.16. The zero-order chi connectivity index (χ0) is 21.9. The Hall–Kier alpha value is -1.81. The molecule has 2 rings (SSSR count). The van der Waals surface area contributed by atoms with Gasteiger partial charge in [0, 0.05) is 38.0 Å². The predicted octanol–water partition coefficient (Wildman–Crippen LogP) is 3.84. The molecule has 8 heteroatoms. The lowest BCUT2D eigenvalue weighted by molar-refractivity contribution is 0.145. The van der Waals surface area contributed by atoms with Crippen LogP contribution in [0.15, 0.2) is 29.3 Å². The number of benzene rings is 1. The van der Waals surface area contributed by atoms with Gasteiger partial charge in [0.2, 0.25) is 0 Å². The van der Waals surface area contributed by atoms with Gasteiger partial charge in [-0.25, -0.2) is 4.99 Å². The molecule has 0 saturated heterocycles. The standard InChI is InChI=1S/C23H37N5O2.HI/c1-7-24-23(25-14-18(3)16-28-20(5)13-19(4)27-28)26-15-21-9-8-17(2)12-22(21)30-11-10-29-6;/h8-9,12-13,18H,7,10-11,14-16H2,1-6H3,(H2,24,25,26);1H. The average molecular weight is 543 g/mol. The molecule has 0 bridgehead atoms. The van der Waals surface area contributed by atoms with Crippen LogP contribution in [-0.2, 0) is 17.8 Å². The van der Waals surface area contributed by atoms with E-state index in [1.807, 2.05) is 6.92 Å². The zero-order valence-corrected chi connectivity index (χ0v) is 22.0. The van der Waals surface area contributed by atoms with Gasteiger partial charge in [0.1, 0.15) is 12.4 Å². The molecule has 0 aliphatic rings. The number of methoxy groups -OCH3 is 1. The minimum atomic E-state index is 0. The highest BCUT2D eigenvalue weighted by Crippen LogP contribution is 2.21. The lowest BCUT2D eigenvalue weighted by Crippen LogP contribution is -2.40. The van der Waals surface area contributed by atoms with Gasteiger partial charge >= 0.3 is 0 Å². The van der Waals surface area contributed by atoms with Crippen molar-refractivity contribution in [3.8, 4) is 5.75 Å². The second-order valence-corrected chi connectivity index (χ2v) is 7.74. The van der Waals surface area contributed by atoms with Gasteiger partial charge in [-0.2, -0.15) is 5.10 Å². The van der Waals surface area contributed by atoms with E-state index in [-0.39, 0.29) is 24.0 Å². The normalized spacial score (nSPS) is 12.3. The summed E-state index contributed by atoms with van der Waals surface area (Å²) in [5.41, 5.74) is 4.48. The molecule has 0 amide bonds. The van der Waals surface area contributed by atoms with Gasteiger partial charge in [0.15, 0.2) is 5.96 Å². The number of rotatable bonds is 11. The summed E-state index contributed by atoms with van der Waals surface area (Å²) < 4.78 is 13.0. The molecule has 1 aromatic heterocycles. The van der Waals surface area contributed by atoms with Crippen molar-refractivity contribution in [2.75, 3.05) is 33.4 Å². The Bertz CT molecular complexity index is 822. The highest BCUT2D eigenvalue weighted by atomic mass is 127. The zero-order valence-electron chi connectivity index (χ0n) is 19.7. The summed E-state index contributed by atoms with van der Waals surface area (Å²) in [5.74, 6) is 2.09. The number of aryl methyl sites for hydroxylation is 3. The third-order valence-corrected chi connectivity index (χ3v) is 4.73. The molecular formula is C23H38IN5O2. The Balaban J connectivity index is 0.00000480. The van der Waals surface area contributed by atoms with Crippen LogP contribution in [0.25, 0.3) is 0 Å². The predicted molar refractivity (Wildman–Crippen MR) is 138 cm³/mol. The summed E-state index contributed by atoms with van der Waals surface area (Å²) in [6, 6.07) is 8.33. The largest absolute Gasteiger partial charge is 0.491 e. The topological polar surface area (TPSA) is 72.7 Å². The van der Waals surface area contributed by atoms with Crippen LogP contribution < -0.4 is 15.4 Å². The summed E-state index contributed by atoms with van der Waals surface area (Å²) in [6.45, 7) is 14.6. The fourth-order valence-corrected chi connectivity index (χ4v) is 3.16. The maximum atomic E-state index is 5.88. The van der Waals surface area contributed by atoms with Crippen LogP contribution in [0.3, 0.4) is 0 Å². The van der Waals surface area contributed by atoms with Gasteiger partial charge in [-0.1, -0.05) is 19.1 Å². The first-order valence-electron chi connectivity index (χ1n) is 10.7. The maximum Gasteiger partial charge on any atom is 0.191 e. The molecule has 0 aliphatic heterocycles. The number of halogens is 1. The van der Waals surface area contributed by atoms with Crippen LogP contribution in [0.1, 0.15) is 36.4 Å². The second kappa shape index (κ2) is 14.3. The van der Waals surface area contributed by atoms with Crippen molar-refractivity contribution in [2.24, 2.45) is 10.9 Å². The monoisotopic (exact) mass is 543 g/mol. The quantitative estimate of drug-likeness (QED) is 0.195. The van der Waals surface area contributed by atoms with E-state index >= 15 is 0 Å². The first kappa shape index (κ1) is 27.2. The molecule has 1 atom stereocenters. The Kier molecular flexibility index (Phi) is 12.5. The molecule has 0 saturated carbocycles. The van der Waals surface area contributed by atoms with Crippen LogP contribution in [0.5, 0.6) is 5.75 Å². The van der Waals surface area contributed by atoms with E-state index in [0.717, 1.165) is 48.2 Å². The van der Waals surface area contributed by atoms with Crippen LogP contribution in [-0.4, -0.2) is 49.2 Å². The van der Waals surface area contributed by atoms with Gasteiger partial charge in [-0.15, -0.1) is 24.0 Å². The molecular weight excluding hydrogens is 505 g/mol. The van der Waals surface area contributed by atoms with E-state index in [9.17, 15) is 0 Å². The highest BCUT2D eigenvalue weighted by molar-refractivity contribution is 14.0. The van der Waals surface area contributed by atoms with Gasteiger partial charge in [-0.3, -0.25) is 4.68 Å². The number of hydrogen-bond donors (Lipinski definition) is 2. The van der Waals surface area contributed by atoms with Crippen LogP contribution in [0.4, 0.5) is 0 Å². The molecule has 7 nitrogen and oxygen atoms in total. The summed E-state index contributed by atoms with van der Waals surface area (Å²) in [7, 11) is 1.68. The molecule has 1 unspecified atom stereocenters. The van der Waals surface area contributed by atoms with Crippen molar-refractivity contribution < 1.29 is 9.47 Å². The molecule has 0 fully saturated rings. The Morgan fingerprint density at radius 3 is 2.58 bits per heavy atom. The molecule has 0 aliphatic carbocycles. The van der Waals surface area contributed by atoms with Crippen molar-refractivity contribution in [3.63, 3.8) is 0 Å². The number of aliphatic imine (C=N–C) groups is 1. The molecule has 1 aromatic carbocycles. The Morgan fingerprint density at radius 1 is 1.16 bits per heavy atom.